The zero-order valence-electron chi connectivity index (χ0n) is 6.35. The molecule has 0 spiro atoms. The van der Waals surface area contributed by atoms with E-state index >= 15 is 0 Å². The van der Waals surface area contributed by atoms with Crippen LogP contribution in [-0.2, 0) is 0 Å². The fraction of sp³-hybridized carbons (Fsp3) is 0.143. The highest BCUT2D eigenvalue weighted by molar-refractivity contribution is 5.54. The summed E-state index contributed by atoms with van der Waals surface area (Å²) in [7, 11) is 1.27. The first-order valence-electron chi connectivity index (χ1n) is 3.17. The van der Waals surface area contributed by atoms with Gasteiger partial charge in [0, 0.05) is 6.07 Å². The van der Waals surface area contributed by atoms with Gasteiger partial charge in [-0.05, 0) is 6.07 Å². The molecule has 0 bridgehead atoms. The second-order valence-corrected chi connectivity index (χ2v) is 2.09. The molecule has 0 radical (unpaired) electrons. The number of nitro groups is 1. The standard InChI is InChI=1S/C7H7NO4/c1-12-7-5(8(10)11)3-2-4-6(7)9/h2-4,9H,1H3. The van der Waals surface area contributed by atoms with Gasteiger partial charge in [0.05, 0.1) is 12.0 Å². The van der Waals surface area contributed by atoms with Crippen molar-refractivity contribution in [2.45, 2.75) is 0 Å². The van der Waals surface area contributed by atoms with Gasteiger partial charge in [-0.3, -0.25) is 10.1 Å². The van der Waals surface area contributed by atoms with Crippen LogP contribution in [0.3, 0.4) is 0 Å². The van der Waals surface area contributed by atoms with Crippen LogP contribution in [0.15, 0.2) is 18.2 Å². The molecule has 5 heteroatoms. The van der Waals surface area contributed by atoms with E-state index in [4.69, 9.17) is 5.11 Å². The van der Waals surface area contributed by atoms with Crippen molar-refractivity contribution in [1.29, 1.82) is 0 Å². The summed E-state index contributed by atoms with van der Waals surface area (Å²) in [5.41, 5.74) is -0.238. The second kappa shape index (κ2) is 3.08. The number of nitro benzene ring substituents is 1. The van der Waals surface area contributed by atoms with Crippen LogP contribution in [0, 0.1) is 10.1 Å². The molecule has 0 aliphatic heterocycles. The Hall–Kier alpha value is -1.78. The molecule has 5 nitrogen and oxygen atoms in total. The molecule has 0 unspecified atom stereocenters. The summed E-state index contributed by atoms with van der Waals surface area (Å²) in [5, 5.41) is 19.5. The van der Waals surface area contributed by atoms with Crippen LogP contribution in [0.1, 0.15) is 0 Å². The number of para-hydroxylation sites is 1. The van der Waals surface area contributed by atoms with Crippen LogP contribution in [0.4, 0.5) is 5.69 Å². The predicted octanol–water partition coefficient (Wildman–Crippen LogP) is 1.31. The molecule has 1 aromatic rings. The molecule has 0 amide bonds. The van der Waals surface area contributed by atoms with E-state index in [0.717, 1.165) is 0 Å². The lowest BCUT2D eigenvalue weighted by Crippen LogP contribution is -1.93. The van der Waals surface area contributed by atoms with E-state index in [2.05, 4.69) is 4.74 Å². The molecule has 0 fully saturated rings. The Morgan fingerprint density at radius 3 is 2.67 bits per heavy atom. The normalized spacial score (nSPS) is 9.42. The summed E-state index contributed by atoms with van der Waals surface area (Å²) >= 11 is 0. The molecule has 0 saturated heterocycles. The van der Waals surface area contributed by atoms with Gasteiger partial charge in [-0.25, -0.2) is 0 Å². The van der Waals surface area contributed by atoms with Crippen molar-refractivity contribution in [2.24, 2.45) is 0 Å². The van der Waals surface area contributed by atoms with Crippen molar-refractivity contribution >= 4 is 5.69 Å². The predicted molar refractivity (Wildman–Crippen MR) is 41.3 cm³/mol. The Labute approximate surface area is 68.4 Å². The minimum absolute atomic E-state index is 0.109. The summed E-state index contributed by atoms with van der Waals surface area (Å²) in [4.78, 5) is 9.73. The van der Waals surface area contributed by atoms with Gasteiger partial charge in [0.15, 0.2) is 5.75 Å². The Balaban J connectivity index is 3.27. The smallest absolute Gasteiger partial charge is 0.314 e. The molecule has 0 aliphatic carbocycles. The van der Waals surface area contributed by atoms with Crippen molar-refractivity contribution in [3.05, 3.63) is 28.3 Å². The minimum Gasteiger partial charge on any atom is -0.504 e. The molecule has 1 N–H and O–H groups in total. The van der Waals surface area contributed by atoms with Crippen LogP contribution < -0.4 is 4.74 Å². The third-order valence-corrected chi connectivity index (χ3v) is 1.37. The van der Waals surface area contributed by atoms with Gasteiger partial charge < -0.3 is 9.84 Å². The average molecular weight is 169 g/mol. The van der Waals surface area contributed by atoms with Gasteiger partial charge in [0.1, 0.15) is 0 Å². The van der Waals surface area contributed by atoms with Crippen molar-refractivity contribution in [3.8, 4) is 11.5 Å². The van der Waals surface area contributed by atoms with Crippen LogP contribution in [0.2, 0.25) is 0 Å². The zero-order valence-corrected chi connectivity index (χ0v) is 6.35. The highest BCUT2D eigenvalue weighted by Gasteiger charge is 2.17. The van der Waals surface area contributed by atoms with E-state index in [9.17, 15) is 10.1 Å². The molecule has 1 aromatic carbocycles. The van der Waals surface area contributed by atoms with Crippen molar-refractivity contribution in [1.82, 2.24) is 0 Å². The van der Waals surface area contributed by atoms with Crippen molar-refractivity contribution < 1.29 is 14.8 Å². The van der Waals surface area contributed by atoms with Crippen molar-refractivity contribution in [2.75, 3.05) is 7.11 Å². The van der Waals surface area contributed by atoms with Crippen LogP contribution in [0.5, 0.6) is 11.5 Å². The molecule has 0 aromatic heterocycles. The monoisotopic (exact) mass is 169 g/mol. The molecule has 0 aliphatic rings. The topological polar surface area (TPSA) is 72.6 Å². The van der Waals surface area contributed by atoms with Gasteiger partial charge in [0.25, 0.3) is 0 Å². The molecular weight excluding hydrogens is 162 g/mol. The van der Waals surface area contributed by atoms with Gasteiger partial charge in [-0.2, -0.15) is 0 Å². The summed E-state index contributed by atoms with van der Waals surface area (Å²) in [5.74, 6) is -0.339. The number of rotatable bonds is 2. The van der Waals surface area contributed by atoms with Gasteiger partial charge in [0.2, 0.25) is 5.75 Å². The first kappa shape index (κ1) is 8.32. The quantitative estimate of drug-likeness (QED) is 0.535. The number of hydrogen-bond donors (Lipinski definition) is 1. The summed E-state index contributed by atoms with van der Waals surface area (Å²) in [6, 6.07) is 3.97. The molecule has 0 atom stereocenters. The lowest BCUT2D eigenvalue weighted by molar-refractivity contribution is -0.385. The molecular formula is C7H7NO4. The van der Waals surface area contributed by atoms with Crippen LogP contribution >= 0.6 is 0 Å². The van der Waals surface area contributed by atoms with Gasteiger partial charge in [-0.15, -0.1) is 0 Å². The summed E-state index contributed by atoms with van der Waals surface area (Å²) < 4.78 is 4.65. The number of nitrogens with zero attached hydrogens (tertiary/aromatic N) is 1. The van der Waals surface area contributed by atoms with E-state index < -0.39 is 4.92 Å². The lowest BCUT2D eigenvalue weighted by atomic mass is 10.3. The minimum atomic E-state index is -0.613. The Morgan fingerprint density at radius 1 is 1.58 bits per heavy atom. The number of phenolic OH excluding ortho intramolecular Hbond substituents is 1. The Morgan fingerprint density at radius 2 is 2.25 bits per heavy atom. The maximum absolute atomic E-state index is 10.3. The number of hydrogen-bond acceptors (Lipinski definition) is 4. The fourth-order valence-electron chi connectivity index (χ4n) is 0.866. The van der Waals surface area contributed by atoms with E-state index in [1.807, 2.05) is 0 Å². The fourth-order valence-corrected chi connectivity index (χ4v) is 0.866. The highest BCUT2D eigenvalue weighted by atomic mass is 16.6. The lowest BCUT2D eigenvalue weighted by Gasteiger charge is -2.02. The molecule has 64 valence electrons. The Bertz CT molecular complexity index is 310. The van der Waals surface area contributed by atoms with E-state index in [-0.39, 0.29) is 17.2 Å². The number of phenols is 1. The summed E-state index contributed by atoms with van der Waals surface area (Å²) in [6.45, 7) is 0. The number of benzene rings is 1. The molecule has 1 rings (SSSR count). The number of methoxy groups -OCH3 is 1. The van der Waals surface area contributed by atoms with E-state index in [1.54, 1.807) is 0 Å². The first-order chi connectivity index (χ1) is 5.66. The maximum atomic E-state index is 10.3. The van der Waals surface area contributed by atoms with Crippen molar-refractivity contribution in [3.63, 3.8) is 0 Å². The summed E-state index contributed by atoms with van der Waals surface area (Å²) in [6.07, 6.45) is 0. The molecule has 0 heterocycles. The first-order valence-corrected chi connectivity index (χ1v) is 3.17. The highest BCUT2D eigenvalue weighted by Crippen LogP contribution is 2.34. The van der Waals surface area contributed by atoms with Crippen LogP contribution in [0.25, 0.3) is 0 Å². The van der Waals surface area contributed by atoms with Gasteiger partial charge >= 0.3 is 5.69 Å². The average Bonchev–Trinajstić information content (AvgIpc) is 2.03. The third-order valence-electron chi connectivity index (χ3n) is 1.37. The largest absolute Gasteiger partial charge is 0.504 e. The second-order valence-electron chi connectivity index (χ2n) is 2.09. The van der Waals surface area contributed by atoms with E-state index in [1.165, 1.54) is 25.3 Å². The third kappa shape index (κ3) is 1.29. The van der Waals surface area contributed by atoms with Crippen LogP contribution in [-0.4, -0.2) is 17.1 Å². The molecule has 12 heavy (non-hydrogen) atoms. The molecule has 0 saturated carbocycles. The number of aromatic hydroxyl groups is 1. The zero-order chi connectivity index (χ0) is 9.14. The van der Waals surface area contributed by atoms with Gasteiger partial charge in [-0.1, -0.05) is 6.07 Å². The maximum Gasteiger partial charge on any atom is 0.314 e. The Kier molecular flexibility index (Phi) is 2.14. The number of ether oxygens (including phenoxy) is 1. The SMILES string of the molecule is COc1c(O)cccc1[N+](=O)[O-]. The van der Waals surface area contributed by atoms with E-state index in [0.29, 0.717) is 0 Å².